The van der Waals surface area contributed by atoms with E-state index < -0.39 is 5.60 Å². The van der Waals surface area contributed by atoms with Crippen molar-refractivity contribution in [3.8, 4) is 5.75 Å². The van der Waals surface area contributed by atoms with E-state index in [-0.39, 0.29) is 6.10 Å². The summed E-state index contributed by atoms with van der Waals surface area (Å²) in [6.07, 6.45) is 6.51. The van der Waals surface area contributed by atoms with Crippen LogP contribution in [0.1, 0.15) is 55.8 Å². The molecular formula is C16H22O3. The summed E-state index contributed by atoms with van der Waals surface area (Å²) in [5.41, 5.74) is 1.57. The van der Waals surface area contributed by atoms with Gasteiger partial charge in [0.2, 0.25) is 0 Å². The first-order valence-corrected chi connectivity index (χ1v) is 7.32. The minimum Gasteiger partial charge on any atom is -0.491 e. The zero-order chi connectivity index (χ0) is 13.3. The third-order valence-electron chi connectivity index (χ3n) is 4.45. The molecule has 0 aliphatic heterocycles. The number of aliphatic hydroxyl groups excluding tert-OH is 1. The Bertz CT molecular complexity index is 449. The number of rotatable bonds is 3. The highest BCUT2D eigenvalue weighted by Crippen LogP contribution is 2.34. The van der Waals surface area contributed by atoms with Gasteiger partial charge in [-0.3, -0.25) is 0 Å². The summed E-state index contributed by atoms with van der Waals surface area (Å²) >= 11 is 0. The van der Waals surface area contributed by atoms with Gasteiger partial charge in [-0.15, -0.1) is 0 Å². The van der Waals surface area contributed by atoms with E-state index in [0.717, 1.165) is 49.8 Å². The van der Waals surface area contributed by atoms with Crippen molar-refractivity contribution in [2.24, 2.45) is 0 Å². The Labute approximate surface area is 114 Å². The highest BCUT2D eigenvalue weighted by atomic mass is 16.5. The van der Waals surface area contributed by atoms with Crippen LogP contribution in [0, 0.1) is 0 Å². The normalized spacial score (nSPS) is 25.1. The van der Waals surface area contributed by atoms with E-state index in [1.54, 1.807) is 0 Å². The summed E-state index contributed by atoms with van der Waals surface area (Å²) in [6.45, 7) is 0.383. The van der Waals surface area contributed by atoms with E-state index in [4.69, 9.17) is 4.74 Å². The van der Waals surface area contributed by atoms with E-state index in [9.17, 15) is 10.2 Å². The molecule has 0 heterocycles. The van der Waals surface area contributed by atoms with Crippen LogP contribution in [0.25, 0.3) is 0 Å². The zero-order valence-corrected chi connectivity index (χ0v) is 11.3. The molecule has 2 aliphatic carbocycles. The van der Waals surface area contributed by atoms with Gasteiger partial charge in [0.05, 0.1) is 11.7 Å². The molecule has 1 aromatic carbocycles. The highest BCUT2D eigenvalue weighted by Gasteiger charge is 2.30. The van der Waals surface area contributed by atoms with Crippen LogP contribution in [0.5, 0.6) is 5.75 Å². The largest absolute Gasteiger partial charge is 0.491 e. The molecule has 1 fully saturated rings. The standard InChI is InChI=1S/C16H22O3/c17-15-7-4-12-10-13(5-6-14(12)15)19-11-16(18)8-2-1-3-9-16/h5-6,10,15,17-18H,1-4,7-9,11H2/t15-/m1/s1. The summed E-state index contributed by atoms with van der Waals surface area (Å²) in [5, 5.41) is 20.2. The number of aryl methyl sites for hydroxylation is 1. The predicted molar refractivity (Wildman–Crippen MR) is 73.3 cm³/mol. The number of benzene rings is 1. The monoisotopic (exact) mass is 262 g/mol. The van der Waals surface area contributed by atoms with E-state index in [1.165, 1.54) is 12.0 Å². The molecule has 0 bridgehead atoms. The Hall–Kier alpha value is -1.06. The SMILES string of the molecule is O[C@@H]1CCc2cc(OCC3(O)CCCCC3)ccc21. The third kappa shape index (κ3) is 2.77. The molecule has 3 heteroatoms. The highest BCUT2D eigenvalue weighted by molar-refractivity contribution is 5.39. The van der Waals surface area contributed by atoms with Crippen molar-refractivity contribution in [2.45, 2.75) is 56.7 Å². The van der Waals surface area contributed by atoms with Crippen molar-refractivity contribution in [1.82, 2.24) is 0 Å². The zero-order valence-electron chi connectivity index (χ0n) is 11.3. The molecule has 0 saturated heterocycles. The summed E-state index contributed by atoms with van der Waals surface area (Å²) < 4.78 is 5.78. The van der Waals surface area contributed by atoms with Crippen LogP contribution in [0.3, 0.4) is 0 Å². The van der Waals surface area contributed by atoms with Crippen LogP contribution in [0.15, 0.2) is 18.2 Å². The fourth-order valence-electron chi connectivity index (χ4n) is 3.23. The molecule has 1 atom stereocenters. The Morgan fingerprint density at radius 3 is 2.79 bits per heavy atom. The van der Waals surface area contributed by atoms with Crippen LogP contribution in [0.2, 0.25) is 0 Å². The van der Waals surface area contributed by atoms with Gasteiger partial charge in [-0.05, 0) is 48.9 Å². The molecule has 3 nitrogen and oxygen atoms in total. The van der Waals surface area contributed by atoms with Crippen LogP contribution in [-0.2, 0) is 6.42 Å². The van der Waals surface area contributed by atoms with Crippen molar-refractivity contribution in [3.05, 3.63) is 29.3 Å². The van der Waals surface area contributed by atoms with Gasteiger partial charge >= 0.3 is 0 Å². The molecule has 1 saturated carbocycles. The fraction of sp³-hybridized carbons (Fsp3) is 0.625. The van der Waals surface area contributed by atoms with Gasteiger partial charge in [-0.25, -0.2) is 0 Å². The van der Waals surface area contributed by atoms with Crippen LogP contribution >= 0.6 is 0 Å². The number of ether oxygens (including phenoxy) is 1. The van der Waals surface area contributed by atoms with Gasteiger partial charge < -0.3 is 14.9 Å². The second-order valence-corrected chi connectivity index (χ2v) is 5.99. The first-order chi connectivity index (χ1) is 9.16. The van der Waals surface area contributed by atoms with Crippen molar-refractivity contribution in [3.63, 3.8) is 0 Å². The fourth-order valence-corrected chi connectivity index (χ4v) is 3.23. The van der Waals surface area contributed by atoms with Crippen LogP contribution < -0.4 is 4.74 Å². The van der Waals surface area contributed by atoms with Crippen molar-refractivity contribution in [2.75, 3.05) is 6.61 Å². The molecule has 19 heavy (non-hydrogen) atoms. The van der Waals surface area contributed by atoms with Crippen LogP contribution in [0.4, 0.5) is 0 Å². The third-order valence-corrected chi connectivity index (χ3v) is 4.45. The van der Waals surface area contributed by atoms with Crippen molar-refractivity contribution < 1.29 is 14.9 Å². The lowest BCUT2D eigenvalue weighted by Gasteiger charge is -2.31. The molecule has 2 N–H and O–H groups in total. The predicted octanol–water partition coefficient (Wildman–Crippen LogP) is 2.74. The van der Waals surface area contributed by atoms with Gasteiger partial charge in [0, 0.05) is 0 Å². The minimum absolute atomic E-state index is 0.313. The van der Waals surface area contributed by atoms with Gasteiger partial charge in [0.25, 0.3) is 0 Å². The second kappa shape index (κ2) is 5.14. The first-order valence-electron chi connectivity index (χ1n) is 7.32. The Balaban J connectivity index is 1.64. The molecule has 0 radical (unpaired) electrons. The smallest absolute Gasteiger partial charge is 0.119 e. The molecule has 1 aromatic rings. The lowest BCUT2D eigenvalue weighted by molar-refractivity contribution is -0.0339. The number of hydrogen-bond donors (Lipinski definition) is 2. The molecule has 3 rings (SSSR count). The molecule has 2 aliphatic rings. The topological polar surface area (TPSA) is 49.7 Å². The second-order valence-electron chi connectivity index (χ2n) is 5.99. The molecule has 0 amide bonds. The summed E-state index contributed by atoms with van der Waals surface area (Å²) in [6, 6.07) is 5.87. The minimum atomic E-state index is -0.642. The molecular weight excluding hydrogens is 240 g/mol. The van der Waals surface area contributed by atoms with Crippen molar-refractivity contribution in [1.29, 1.82) is 0 Å². The van der Waals surface area contributed by atoms with E-state index in [2.05, 4.69) is 0 Å². The average Bonchev–Trinajstić information content (AvgIpc) is 2.79. The lowest BCUT2D eigenvalue weighted by Crippen LogP contribution is -2.37. The number of aliphatic hydroxyl groups is 2. The quantitative estimate of drug-likeness (QED) is 0.880. The Kier molecular flexibility index (Phi) is 3.50. The maximum Gasteiger partial charge on any atom is 0.119 e. The maximum atomic E-state index is 10.4. The summed E-state index contributed by atoms with van der Waals surface area (Å²) in [5.74, 6) is 0.812. The van der Waals surface area contributed by atoms with Gasteiger partial charge in [0.15, 0.2) is 0 Å². The van der Waals surface area contributed by atoms with E-state index in [1.807, 2.05) is 18.2 Å². The van der Waals surface area contributed by atoms with E-state index in [0.29, 0.717) is 6.61 Å². The molecule has 0 aromatic heterocycles. The van der Waals surface area contributed by atoms with Crippen molar-refractivity contribution >= 4 is 0 Å². The average molecular weight is 262 g/mol. The Morgan fingerprint density at radius 1 is 1.21 bits per heavy atom. The van der Waals surface area contributed by atoms with Gasteiger partial charge in [-0.1, -0.05) is 25.3 Å². The Morgan fingerprint density at radius 2 is 2.00 bits per heavy atom. The molecule has 104 valence electrons. The molecule has 0 unspecified atom stereocenters. The molecule has 0 spiro atoms. The van der Waals surface area contributed by atoms with E-state index >= 15 is 0 Å². The maximum absolute atomic E-state index is 10.4. The lowest BCUT2D eigenvalue weighted by atomic mass is 9.85. The number of fused-ring (bicyclic) bond motifs is 1. The van der Waals surface area contributed by atoms with Crippen LogP contribution in [-0.4, -0.2) is 22.4 Å². The van der Waals surface area contributed by atoms with Gasteiger partial charge in [-0.2, -0.15) is 0 Å². The van der Waals surface area contributed by atoms with Gasteiger partial charge in [0.1, 0.15) is 12.4 Å². The number of hydrogen-bond acceptors (Lipinski definition) is 3. The first kappa shape index (κ1) is 12.9. The summed E-state index contributed by atoms with van der Waals surface area (Å²) in [4.78, 5) is 0. The summed E-state index contributed by atoms with van der Waals surface area (Å²) in [7, 11) is 0.